The number of amides is 1. The van der Waals surface area contributed by atoms with Crippen molar-refractivity contribution in [3.63, 3.8) is 0 Å². The van der Waals surface area contributed by atoms with Gasteiger partial charge in [0.05, 0.1) is 12.7 Å². The van der Waals surface area contributed by atoms with Crippen LogP contribution in [0.25, 0.3) is 0 Å². The number of carbonyl (C=O) groups excluding carboxylic acids is 1. The normalized spacial score (nSPS) is 20.2. The van der Waals surface area contributed by atoms with Gasteiger partial charge in [-0.05, 0) is 5.56 Å². The molecule has 1 saturated heterocycles. The average Bonchev–Trinajstić information content (AvgIpc) is 2.45. The van der Waals surface area contributed by atoms with Crippen LogP contribution in [0.15, 0.2) is 30.3 Å². The van der Waals surface area contributed by atoms with Crippen molar-refractivity contribution in [3.8, 4) is 0 Å². The molecule has 1 aromatic carbocycles. The summed E-state index contributed by atoms with van der Waals surface area (Å²) in [5.74, 6) is -1.92. The predicted octanol–water partition coefficient (Wildman–Crippen LogP) is 1.57. The number of alkyl halides is 3. The summed E-state index contributed by atoms with van der Waals surface area (Å²) < 4.78 is 41.7. The highest BCUT2D eigenvalue weighted by molar-refractivity contribution is 5.81. The second-order valence-corrected chi connectivity index (χ2v) is 4.92. The van der Waals surface area contributed by atoms with Crippen LogP contribution in [0.1, 0.15) is 5.56 Å². The van der Waals surface area contributed by atoms with Gasteiger partial charge in [-0.25, -0.2) is 0 Å². The Hall–Kier alpha value is -1.60. The summed E-state index contributed by atoms with van der Waals surface area (Å²) in [6, 6.07) is 9.80. The lowest BCUT2D eigenvalue weighted by molar-refractivity contribution is -0.174. The lowest BCUT2D eigenvalue weighted by atomic mass is 10.2. The Morgan fingerprint density at radius 3 is 2.71 bits per heavy atom. The first-order valence-electron chi connectivity index (χ1n) is 6.68. The maximum atomic E-state index is 12.1. The largest absolute Gasteiger partial charge is 0.471 e. The van der Waals surface area contributed by atoms with Gasteiger partial charge in [0, 0.05) is 26.2 Å². The molecule has 1 aliphatic heterocycles. The van der Waals surface area contributed by atoms with Crippen molar-refractivity contribution in [2.45, 2.75) is 18.8 Å². The number of halogens is 3. The minimum atomic E-state index is -4.85. The van der Waals surface area contributed by atoms with Crippen LogP contribution in [-0.2, 0) is 16.1 Å². The first kappa shape index (κ1) is 15.8. The van der Waals surface area contributed by atoms with Gasteiger partial charge in [0.25, 0.3) is 0 Å². The maximum Gasteiger partial charge on any atom is 0.471 e. The van der Waals surface area contributed by atoms with Gasteiger partial charge in [-0.2, -0.15) is 13.2 Å². The second-order valence-electron chi connectivity index (χ2n) is 4.92. The third kappa shape index (κ3) is 5.02. The average molecular weight is 302 g/mol. The zero-order chi connectivity index (χ0) is 15.3. The summed E-state index contributed by atoms with van der Waals surface area (Å²) in [6.45, 7) is 2.24. The second kappa shape index (κ2) is 6.91. The van der Waals surface area contributed by atoms with Crippen molar-refractivity contribution >= 4 is 5.91 Å². The number of benzene rings is 1. The Morgan fingerprint density at radius 1 is 1.33 bits per heavy atom. The van der Waals surface area contributed by atoms with Crippen LogP contribution in [0.2, 0.25) is 0 Å². The number of rotatable bonds is 4. The van der Waals surface area contributed by atoms with E-state index in [9.17, 15) is 18.0 Å². The van der Waals surface area contributed by atoms with Gasteiger partial charge >= 0.3 is 12.1 Å². The standard InChI is InChI=1S/C14H17F3N2O2/c15-14(16,17)13(20)18-8-12-10-19(6-7-21-12)9-11-4-2-1-3-5-11/h1-5,12H,6-10H2,(H,18,20). The van der Waals surface area contributed by atoms with E-state index in [0.29, 0.717) is 19.7 Å². The summed E-state index contributed by atoms with van der Waals surface area (Å²) in [5.41, 5.74) is 1.14. The third-order valence-electron chi connectivity index (χ3n) is 3.22. The van der Waals surface area contributed by atoms with E-state index in [1.807, 2.05) is 35.6 Å². The highest BCUT2D eigenvalue weighted by Gasteiger charge is 2.38. The van der Waals surface area contributed by atoms with Crippen LogP contribution < -0.4 is 5.32 Å². The molecule has 1 amide bonds. The van der Waals surface area contributed by atoms with Gasteiger partial charge in [-0.1, -0.05) is 30.3 Å². The monoisotopic (exact) mass is 302 g/mol. The number of carbonyl (C=O) groups is 1. The molecule has 116 valence electrons. The van der Waals surface area contributed by atoms with Crippen molar-refractivity contribution in [1.82, 2.24) is 10.2 Å². The molecule has 0 radical (unpaired) electrons. The van der Waals surface area contributed by atoms with Gasteiger partial charge in [0.1, 0.15) is 0 Å². The molecular weight excluding hydrogens is 285 g/mol. The Balaban J connectivity index is 1.80. The molecule has 1 unspecified atom stereocenters. The number of hydrogen-bond acceptors (Lipinski definition) is 3. The molecule has 0 spiro atoms. The molecule has 0 aliphatic carbocycles. The topological polar surface area (TPSA) is 41.6 Å². The zero-order valence-corrected chi connectivity index (χ0v) is 11.4. The molecule has 0 bridgehead atoms. The minimum absolute atomic E-state index is 0.135. The van der Waals surface area contributed by atoms with Gasteiger partial charge in [0.15, 0.2) is 0 Å². The van der Waals surface area contributed by atoms with E-state index in [4.69, 9.17) is 4.74 Å². The first-order valence-corrected chi connectivity index (χ1v) is 6.68. The van der Waals surface area contributed by atoms with Crippen LogP contribution in [0.3, 0.4) is 0 Å². The number of nitrogens with zero attached hydrogens (tertiary/aromatic N) is 1. The molecule has 0 saturated carbocycles. The van der Waals surface area contributed by atoms with E-state index in [2.05, 4.69) is 4.90 Å². The molecule has 21 heavy (non-hydrogen) atoms. The molecule has 1 aliphatic rings. The lowest BCUT2D eigenvalue weighted by Crippen LogP contribution is -2.49. The van der Waals surface area contributed by atoms with E-state index in [-0.39, 0.29) is 6.54 Å². The van der Waals surface area contributed by atoms with E-state index in [1.165, 1.54) is 0 Å². The predicted molar refractivity (Wildman–Crippen MR) is 70.5 cm³/mol. The lowest BCUT2D eigenvalue weighted by Gasteiger charge is -2.33. The minimum Gasteiger partial charge on any atom is -0.374 e. The quantitative estimate of drug-likeness (QED) is 0.918. The Kier molecular flexibility index (Phi) is 5.19. The van der Waals surface area contributed by atoms with E-state index in [1.54, 1.807) is 0 Å². The fourth-order valence-corrected chi connectivity index (χ4v) is 2.20. The summed E-state index contributed by atoms with van der Waals surface area (Å²) in [4.78, 5) is 12.9. The Bertz CT molecular complexity index is 465. The molecule has 7 heteroatoms. The number of hydrogen-bond donors (Lipinski definition) is 1. The summed E-state index contributed by atoms with van der Waals surface area (Å²) in [5, 5.41) is 1.86. The molecule has 2 rings (SSSR count). The molecule has 0 aromatic heterocycles. The van der Waals surface area contributed by atoms with Gasteiger partial charge in [-0.15, -0.1) is 0 Å². The zero-order valence-electron chi connectivity index (χ0n) is 11.4. The molecule has 1 atom stereocenters. The number of nitrogens with one attached hydrogen (secondary N) is 1. The number of ether oxygens (including phenoxy) is 1. The smallest absolute Gasteiger partial charge is 0.374 e. The molecule has 1 aromatic rings. The summed E-state index contributed by atoms with van der Waals surface area (Å²) in [7, 11) is 0. The third-order valence-corrected chi connectivity index (χ3v) is 3.22. The first-order chi connectivity index (χ1) is 9.95. The summed E-state index contributed by atoms with van der Waals surface area (Å²) >= 11 is 0. The van der Waals surface area contributed by atoms with Gasteiger partial charge in [-0.3, -0.25) is 9.69 Å². The fraction of sp³-hybridized carbons (Fsp3) is 0.500. The SMILES string of the molecule is O=C(NCC1CN(Cc2ccccc2)CCO1)C(F)(F)F. The maximum absolute atomic E-state index is 12.1. The van der Waals surface area contributed by atoms with Crippen molar-refractivity contribution in [2.24, 2.45) is 0 Å². The highest BCUT2D eigenvalue weighted by atomic mass is 19.4. The van der Waals surface area contributed by atoms with Crippen LogP contribution in [0, 0.1) is 0 Å². The molecule has 1 fully saturated rings. The van der Waals surface area contributed by atoms with Crippen LogP contribution in [0.5, 0.6) is 0 Å². The van der Waals surface area contributed by atoms with E-state index >= 15 is 0 Å². The van der Waals surface area contributed by atoms with Crippen LogP contribution in [0.4, 0.5) is 13.2 Å². The molecular formula is C14H17F3N2O2. The van der Waals surface area contributed by atoms with Crippen molar-refractivity contribution < 1.29 is 22.7 Å². The van der Waals surface area contributed by atoms with Gasteiger partial charge in [0.2, 0.25) is 0 Å². The van der Waals surface area contributed by atoms with Gasteiger partial charge < -0.3 is 10.1 Å². The Morgan fingerprint density at radius 2 is 2.05 bits per heavy atom. The number of morpholine rings is 1. The fourth-order valence-electron chi connectivity index (χ4n) is 2.20. The van der Waals surface area contributed by atoms with Crippen LogP contribution >= 0.6 is 0 Å². The Labute approximate surface area is 120 Å². The highest BCUT2D eigenvalue weighted by Crippen LogP contribution is 2.15. The molecule has 4 nitrogen and oxygen atoms in total. The molecule has 1 N–H and O–H groups in total. The van der Waals surface area contributed by atoms with E-state index < -0.39 is 18.2 Å². The van der Waals surface area contributed by atoms with E-state index in [0.717, 1.165) is 12.1 Å². The van der Waals surface area contributed by atoms with Crippen molar-refractivity contribution in [2.75, 3.05) is 26.2 Å². The van der Waals surface area contributed by atoms with Crippen molar-refractivity contribution in [1.29, 1.82) is 0 Å². The molecule has 1 heterocycles. The van der Waals surface area contributed by atoms with Crippen LogP contribution in [-0.4, -0.2) is 49.3 Å². The summed E-state index contributed by atoms with van der Waals surface area (Å²) in [6.07, 6.45) is -5.27. The van der Waals surface area contributed by atoms with Crippen molar-refractivity contribution in [3.05, 3.63) is 35.9 Å².